The van der Waals surface area contributed by atoms with E-state index in [4.69, 9.17) is 5.73 Å². The standard InChI is InChI=1S/C10H10N4/c1-7-8(5-12-6-13-7)9-3-2-4-10(11)14-9/h2-6H,1H3,(H2,11,14). The summed E-state index contributed by atoms with van der Waals surface area (Å²) < 4.78 is 0. The quantitative estimate of drug-likeness (QED) is 0.731. The number of hydrogen-bond donors (Lipinski definition) is 1. The molecule has 2 aromatic rings. The van der Waals surface area contributed by atoms with E-state index in [-0.39, 0.29) is 0 Å². The van der Waals surface area contributed by atoms with Gasteiger partial charge >= 0.3 is 0 Å². The van der Waals surface area contributed by atoms with Gasteiger partial charge in [0.2, 0.25) is 0 Å². The molecule has 14 heavy (non-hydrogen) atoms. The van der Waals surface area contributed by atoms with E-state index in [1.165, 1.54) is 6.33 Å². The molecule has 0 aliphatic carbocycles. The highest BCUT2D eigenvalue weighted by Crippen LogP contribution is 2.18. The molecule has 2 aromatic heterocycles. The first-order valence-corrected chi connectivity index (χ1v) is 4.27. The number of rotatable bonds is 1. The normalized spacial score (nSPS) is 10.1. The maximum Gasteiger partial charge on any atom is 0.124 e. The first kappa shape index (κ1) is 8.62. The first-order chi connectivity index (χ1) is 6.77. The summed E-state index contributed by atoms with van der Waals surface area (Å²) in [6.45, 7) is 1.92. The number of nitrogen functional groups attached to an aromatic ring is 1. The lowest BCUT2D eigenvalue weighted by Crippen LogP contribution is -1.94. The molecule has 2 N–H and O–H groups in total. The van der Waals surface area contributed by atoms with Crippen molar-refractivity contribution in [2.45, 2.75) is 6.92 Å². The third-order valence-electron chi connectivity index (χ3n) is 1.96. The van der Waals surface area contributed by atoms with Gasteiger partial charge in [-0.2, -0.15) is 0 Å². The van der Waals surface area contributed by atoms with Crippen LogP contribution in [0.2, 0.25) is 0 Å². The number of nitrogens with two attached hydrogens (primary N) is 1. The van der Waals surface area contributed by atoms with Gasteiger partial charge in [-0.05, 0) is 19.1 Å². The lowest BCUT2D eigenvalue weighted by molar-refractivity contribution is 1.10. The van der Waals surface area contributed by atoms with Gasteiger partial charge in [0.25, 0.3) is 0 Å². The summed E-state index contributed by atoms with van der Waals surface area (Å²) in [4.78, 5) is 12.3. The van der Waals surface area contributed by atoms with E-state index in [0.29, 0.717) is 5.82 Å². The molecule has 0 amide bonds. The van der Waals surface area contributed by atoms with E-state index in [0.717, 1.165) is 17.0 Å². The van der Waals surface area contributed by atoms with Gasteiger partial charge in [-0.15, -0.1) is 0 Å². The molecule has 4 heteroatoms. The van der Waals surface area contributed by atoms with Gasteiger partial charge in [0, 0.05) is 11.8 Å². The molecule has 0 saturated carbocycles. The predicted molar refractivity (Wildman–Crippen MR) is 54.4 cm³/mol. The fraction of sp³-hybridized carbons (Fsp3) is 0.100. The summed E-state index contributed by atoms with van der Waals surface area (Å²) in [5, 5.41) is 0. The van der Waals surface area contributed by atoms with Crippen LogP contribution in [0.4, 0.5) is 5.82 Å². The summed E-state index contributed by atoms with van der Waals surface area (Å²) in [6, 6.07) is 5.51. The maximum atomic E-state index is 5.59. The molecule has 2 heterocycles. The molecular weight excluding hydrogens is 176 g/mol. The van der Waals surface area contributed by atoms with Crippen LogP contribution in [0.15, 0.2) is 30.7 Å². The molecule has 0 atom stereocenters. The largest absolute Gasteiger partial charge is 0.384 e. The molecule has 0 aliphatic rings. The third-order valence-corrected chi connectivity index (χ3v) is 1.96. The Morgan fingerprint density at radius 2 is 2.14 bits per heavy atom. The molecule has 0 unspecified atom stereocenters. The van der Waals surface area contributed by atoms with Gasteiger partial charge in [0.1, 0.15) is 12.1 Å². The molecule has 0 radical (unpaired) electrons. The smallest absolute Gasteiger partial charge is 0.124 e. The maximum absolute atomic E-state index is 5.59. The molecule has 0 bridgehead atoms. The number of hydrogen-bond acceptors (Lipinski definition) is 4. The Bertz CT molecular complexity index is 453. The summed E-state index contributed by atoms with van der Waals surface area (Å²) in [7, 11) is 0. The predicted octanol–water partition coefficient (Wildman–Crippen LogP) is 1.43. The average Bonchev–Trinajstić information content (AvgIpc) is 2.18. The highest BCUT2D eigenvalue weighted by Gasteiger charge is 2.03. The molecule has 2 rings (SSSR count). The number of anilines is 1. The van der Waals surface area contributed by atoms with Crippen LogP contribution in [-0.4, -0.2) is 15.0 Å². The Labute approximate surface area is 81.9 Å². The highest BCUT2D eigenvalue weighted by molar-refractivity contribution is 5.61. The van der Waals surface area contributed by atoms with Crippen LogP contribution in [0.1, 0.15) is 5.69 Å². The Kier molecular flexibility index (Phi) is 2.10. The van der Waals surface area contributed by atoms with Crippen molar-refractivity contribution in [2.75, 3.05) is 5.73 Å². The molecule has 0 aromatic carbocycles. The zero-order valence-corrected chi connectivity index (χ0v) is 7.81. The molecule has 0 spiro atoms. The Morgan fingerprint density at radius 3 is 2.86 bits per heavy atom. The van der Waals surface area contributed by atoms with Crippen molar-refractivity contribution in [1.82, 2.24) is 15.0 Å². The second-order valence-corrected chi connectivity index (χ2v) is 2.97. The van der Waals surface area contributed by atoms with E-state index >= 15 is 0 Å². The lowest BCUT2D eigenvalue weighted by Gasteiger charge is -2.03. The number of nitrogens with zero attached hydrogens (tertiary/aromatic N) is 3. The fourth-order valence-electron chi connectivity index (χ4n) is 1.24. The van der Waals surface area contributed by atoms with Crippen molar-refractivity contribution >= 4 is 5.82 Å². The minimum absolute atomic E-state index is 0.505. The van der Waals surface area contributed by atoms with Crippen LogP contribution in [0.5, 0.6) is 0 Å². The molecular formula is C10H10N4. The Morgan fingerprint density at radius 1 is 1.29 bits per heavy atom. The minimum Gasteiger partial charge on any atom is -0.384 e. The number of aryl methyl sites for hydroxylation is 1. The molecule has 0 saturated heterocycles. The zero-order chi connectivity index (χ0) is 9.97. The topological polar surface area (TPSA) is 64.7 Å². The van der Waals surface area contributed by atoms with Crippen LogP contribution in [0, 0.1) is 6.92 Å². The van der Waals surface area contributed by atoms with Gasteiger partial charge in [-0.3, -0.25) is 0 Å². The van der Waals surface area contributed by atoms with E-state index in [1.807, 2.05) is 19.1 Å². The Hall–Kier alpha value is -1.97. The molecule has 4 nitrogen and oxygen atoms in total. The van der Waals surface area contributed by atoms with Crippen LogP contribution in [0.25, 0.3) is 11.3 Å². The van der Waals surface area contributed by atoms with Crippen molar-refractivity contribution in [3.63, 3.8) is 0 Å². The molecule has 0 fully saturated rings. The first-order valence-electron chi connectivity index (χ1n) is 4.27. The highest BCUT2D eigenvalue weighted by atomic mass is 14.9. The van der Waals surface area contributed by atoms with E-state index in [9.17, 15) is 0 Å². The fourth-order valence-corrected chi connectivity index (χ4v) is 1.24. The minimum atomic E-state index is 0.505. The van der Waals surface area contributed by atoms with Crippen LogP contribution in [0.3, 0.4) is 0 Å². The van der Waals surface area contributed by atoms with Crippen LogP contribution < -0.4 is 5.73 Å². The van der Waals surface area contributed by atoms with Crippen molar-refractivity contribution < 1.29 is 0 Å². The summed E-state index contributed by atoms with van der Waals surface area (Å²) >= 11 is 0. The van der Waals surface area contributed by atoms with Gasteiger partial charge in [-0.1, -0.05) is 6.07 Å². The van der Waals surface area contributed by atoms with Crippen LogP contribution >= 0.6 is 0 Å². The van der Waals surface area contributed by atoms with E-state index in [2.05, 4.69) is 15.0 Å². The van der Waals surface area contributed by atoms with Crippen LogP contribution in [-0.2, 0) is 0 Å². The van der Waals surface area contributed by atoms with E-state index in [1.54, 1.807) is 12.3 Å². The summed E-state index contributed by atoms with van der Waals surface area (Å²) in [5.41, 5.74) is 8.22. The SMILES string of the molecule is Cc1ncncc1-c1cccc(N)n1. The number of aromatic nitrogens is 3. The van der Waals surface area contributed by atoms with Gasteiger partial charge in [-0.25, -0.2) is 15.0 Å². The van der Waals surface area contributed by atoms with Gasteiger partial charge in [0.15, 0.2) is 0 Å². The van der Waals surface area contributed by atoms with Crippen molar-refractivity contribution in [3.05, 3.63) is 36.4 Å². The molecule has 0 aliphatic heterocycles. The second-order valence-electron chi connectivity index (χ2n) is 2.97. The van der Waals surface area contributed by atoms with Gasteiger partial charge < -0.3 is 5.73 Å². The number of pyridine rings is 1. The van der Waals surface area contributed by atoms with Crippen molar-refractivity contribution in [2.24, 2.45) is 0 Å². The monoisotopic (exact) mass is 186 g/mol. The summed E-state index contributed by atoms with van der Waals surface area (Å²) in [6.07, 6.45) is 3.26. The zero-order valence-electron chi connectivity index (χ0n) is 7.81. The van der Waals surface area contributed by atoms with Crippen molar-refractivity contribution in [3.8, 4) is 11.3 Å². The molecule has 70 valence electrons. The van der Waals surface area contributed by atoms with E-state index < -0.39 is 0 Å². The average molecular weight is 186 g/mol. The van der Waals surface area contributed by atoms with Crippen molar-refractivity contribution in [1.29, 1.82) is 0 Å². The summed E-state index contributed by atoms with van der Waals surface area (Å²) in [5.74, 6) is 0.505. The van der Waals surface area contributed by atoms with Gasteiger partial charge in [0.05, 0.1) is 11.4 Å². The lowest BCUT2D eigenvalue weighted by atomic mass is 10.1. The Balaban J connectivity index is 2.55. The second kappa shape index (κ2) is 3.41. The third kappa shape index (κ3) is 1.54.